The number of hydrazine groups is 1. The third-order valence-corrected chi connectivity index (χ3v) is 5.91. The molecule has 9 heteroatoms. The van der Waals surface area contributed by atoms with Gasteiger partial charge in [-0.1, -0.05) is 0 Å². The van der Waals surface area contributed by atoms with Crippen molar-refractivity contribution in [2.75, 3.05) is 13.1 Å². The Morgan fingerprint density at radius 3 is 2.88 bits per heavy atom. The maximum atomic E-state index is 13.1. The van der Waals surface area contributed by atoms with Crippen LogP contribution in [0.5, 0.6) is 5.75 Å². The van der Waals surface area contributed by atoms with Crippen LogP contribution in [0.15, 0.2) is 18.3 Å². The summed E-state index contributed by atoms with van der Waals surface area (Å²) < 4.78 is 39.4. The zero-order valence-corrected chi connectivity index (χ0v) is 14.0. The van der Waals surface area contributed by atoms with Gasteiger partial charge in [-0.25, -0.2) is 0 Å². The summed E-state index contributed by atoms with van der Waals surface area (Å²) in [5.74, 6) is -1.06. The molecule has 1 aromatic heterocycles. The lowest BCUT2D eigenvalue weighted by Gasteiger charge is -2.50. The van der Waals surface area contributed by atoms with E-state index in [1.807, 2.05) is 0 Å². The Balaban J connectivity index is 1.64. The topological polar surface area (TPSA) is 77.5 Å². The average Bonchev–Trinajstić information content (AvgIpc) is 3.08. The first kappa shape index (κ1) is 17.5. The number of piperidine rings is 1. The number of likely N-dealkylation sites (tertiary alicyclic amines) is 1. The number of hydrogen-bond acceptors (Lipinski definition) is 5. The van der Waals surface area contributed by atoms with E-state index >= 15 is 0 Å². The van der Waals surface area contributed by atoms with Crippen LogP contribution in [-0.4, -0.2) is 52.2 Å². The van der Waals surface area contributed by atoms with Gasteiger partial charge in [0.15, 0.2) is 0 Å². The average molecular weight is 370 g/mol. The first-order valence-electron chi connectivity index (χ1n) is 8.84. The smallest absolute Gasteiger partial charge is 0.406 e. The maximum Gasteiger partial charge on any atom is 0.406 e. The fourth-order valence-electron chi connectivity index (χ4n) is 4.84. The van der Waals surface area contributed by atoms with Crippen LogP contribution in [0.4, 0.5) is 13.2 Å². The molecule has 6 nitrogen and oxygen atoms in total. The van der Waals surface area contributed by atoms with E-state index in [9.17, 15) is 23.1 Å². The number of carbonyl (C=O) groups is 1. The van der Waals surface area contributed by atoms with Crippen LogP contribution in [0.2, 0.25) is 0 Å². The Labute approximate surface area is 148 Å². The molecule has 1 aromatic rings. The Hall–Kier alpha value is -1.87. The molecular formula is C17H21F3N4O2. The van der Waals surface area contributed by atoms with Crippen molar-refractivity contribution in [3.8, 4) is 5.75 Å². The normalized spacial score (nSPS) is 34.5. The molecule has 0 spiro atoms. The van der Waals surface area contributed by atoms with Crippen molar-refractivity contribution >= 4 is 5.91 Å². The molecule has 5 atom stereocenters. The fraction of sp³-hybridized carbons (Fsp3) is 0.647. The van der Waals surface area contributed by atoms with E-state index in [2.05, 4.69) is 15.8 Å². The summed E-state index contributed by atoms with van der Waals surface area (Å²) in [7, 11) is 0. The third kappa shape index (κ3) is 3.03. The minimum Gasteiger partial charge on any atom is -0.506 e. The molecule has 0 radical (unpaired) electrons. The molecular weight excluding hydrogens is 349 g/mol. The third-order valence-electron chi connectivity index (χ3n) is 5.91. The van der Waals surface area contributed by atoms with Crippen LogP contribution >= 0.6 is 0 Å². The van der Waals surface area contributed by atoms with Crippen molar-refractivity contribution in [1.29, 1.82) is 0 Å². The van der Waals surface area contributed by atoms with Crippen LogP contribution in [-0.2, 0) is 4.79 Å². The van der Waals surface area contributed by atoms with E-state index in [4.69, 9.17) is 0 Å². The van der Waals surface area contributed by atoms with Gasteiger partial charge in [-0.3, -0.25) is 20.6 Å². The quantitative estimate of drug-likeness (QED) is 0.736. The fourth-order valence-corrected chi connectivity index (χ4v) is 4.84. The van der Waals surface area contributed by atoms with Gasteiger partial charge in [0.05, 0.1) is 11.6 Å². The first-order chi connectivity index (χ1) is 12.3. The number of alkyl halides is 3. The highest BCUT2D eigenvalue weighted by atomic mass is 19.4. The minimum absolute atomic E-state index is 0.0443. The van der Waals surface area contributed by atoms with Crippen LogP contribution in [0.25, 0.3) is 0 Å². The van der Waals surface area contributed by atoms with E-state index in [-0.39, 0.29) is 23.6 Å². The van der Waals surface area contributed by atoms with Crippen molar-refractivity contribution < 1.29 is 23.1 Å². The summed E-state index contributed by atoms with van der Waals surface area (Å²) in [6.07, 6.45) is -1.08. The number of fused-ring (bicyclic) bond motifs is 3. The molecule has 1 saturated carbocycles. The Morgan fingerprint density at radius 1 is 1.35 bits per heavy atom. The summed E-state index contributed by atoms with van der Waals surface area (Å²) in [6, 6.07) is 2.49. The number of amides is 1. The second-order valence-electron chi connectivity index (χ2n) is 7.39. The summed E-state index contributed by atoms with van der Waals surface area (Å²) in [5, 5.41) is 10.1. The number of hydrogen-bond donors (Lipinski definition) is 3. The van der Waals surface area contributed by atoms with Crippen LogP contribution < -0.4 is 10.9 Å². The summed E-state index contributed by atoms with van der Waals surface area (Å²) >= 11 is 0. The molecule has 1 aliphatic carbocycles. The van der Waals surface area contributed by atoms with Crippen LogP contribution in [0, 0.1) is 11.8 Å². The maximum absolute atomic E-state index is 13.1. The molecule has 5 unspecified atom stereocenters. The predicted molar refractivity (Wildman–Crippen MR) is 86.0 cm³/mol. The van der Waals surface area contributed by atoms with Crippen LogP contribution in [0.1, 0.15) is 30.9 Å². The molecule has 1 amide bonds. The highest BCUT2D eigenvalue weighted by molar-refractivity contribution is 5.82. The standard InChI is InChI=1S/C17H21F3N4O2/c18-17(19,20)8-24-12-6-9(14-13(25)2-1-5-21-14)3-4-10(12)15-11(16(24)26)7-22-23-15/h1-2,5,9-12,15,22-23,25H,3-4,6-8H2. The molecule has 142 valence electrons. The lowest BCUT2D eigenvalue weighted by Crippen LogP contribution is -2.63. The molecule has 4 rings (SSSR count). The molecule has 3 aliphatic rings. The van der Waals surface area contributed by atoms with Gasteiger partial charge in [0, 0.05) is 30.7 Å². The predicted octanol–water partition coefficient (Wildman–Crippen LogP) is 1.54. The number of pyridine rings is 1. The Bertz CT molecular complexity index is 699. The summed E-state index contributed by atoms with van der Waals surface area (Å²) in [4.78, 5) is 18.0. The number of halogens is 3. The molecule has 26 heavy (non-hydrogen) atoms. The van der Waals surface area contributed by atoms with Gasteiger partial charge >= 0.3 is 6.18 Å². The molecule has 2 saturated heterocycles. The zero-order chi connectivity index (χ0) is 18.5. The first-order valence-corrected chi connectivity index (χ1v) is 8.84. The molecule has 3 N–H and O–H groups in total. The Morgan fingerprint density at radius 2 is 2.15 bits per heavy atom. The highest BCUT2D eigenvalue weighted by Crippen LogP contribution is 2.46. The number of nitrogens with one attached hydrogen (secondary N) is 2. The van der Waals surface area contributed by atoms with Crippen LogP contribution in [0.3, 0.4) is 0 Å². The number of aromatic hydroxyl groups is 1. The van der Waals surface area contributed by atoms with Gasteiger partial charge in [0.25, 0.3) is 0 Å². The monoisotopic (exact) mass is 370 g/mol. The van der Waals surface area contributed by atoms with Crippen molar-refractivity contribution in [3.05, 3.63) is 24.0 Å². The van der Waals surface area contributed by atoms with Crippen molar-refractivity contribution in [2.24, 2.45) is 11.8 Å². The van der Waals surface area contributed by atoms with E-state index in [0.29, 0.717) is 25.1 Å². The van der Waals surface area contributed by atoms with Gasteiger partial charge in [-0.15, -0.1) is 0 Å². The van der Waals surface area contributed by atoms with E-state index in [0.717, 1.165) is 11.3 Å². The minimum atomic E-state index is -4.44. The van der Waals surface area contributed by atoms with Gasteiger partial charge in [-0.2, -0.15) is 13.2 Å². The largest absolute Gasteiger partial charge is 0.506 e. The van der Waals surface area contributed by atoms with Gasteiger partial charge in [0.2, 0.25) is 5.91 Å². The second kappa shape index (κ2) is 6.38. The van der Waals surface area contributed by atoms with Crippen molar-refractivity contribution in [3.63, 3.8) is 0 Å². The van der Waals surface area contributed by atoms with Gasteiger partial charge in [-0.05, 0) is 37.3 Å². The second-order valence-corrected chi connectivity index (χ2v) is 7.39. The molecule has 3 heterocycles. The van der Waals surface area contributed by atoms with Gasteiger partial charge in [0.1, 0.15) is 12.3 Å². The molecule has 0 bridgehead atoms. The van der Waals surface area contributed by atoms with Crippen molar-refractivity contribution in [1.82, 2.24) is 20.7 Å². The molecule has 3 fully saturated rings. The molecule has 2 aliphatic heterocycles. The number of rotatable bonds is 2. The summed E-state index contributed by atoms with van der Waals surface area (Å²) in [6.45, 7) is -0.872. The number of carbonyl (C=O) groups excluding carboxylic acids is 1. The van der Waals surface area contributed by atoms with Crippen molar-refractivity contribution in [2.45, 2.75) is 43.4 Å². The number of nitrogens with zero attached hydrogens (tertiary/aromatic N) is 2. The van der Waals surface area contributed by atoms with E-state index in [1.165, 1.54) is 6.07 Å². The Kier molecular flexibility index (Phi) is 4.31. The van der Waals surface area contributed by atoms with E-state index in [1.54, 1.807) is 12.3 Å². The lowest BCUT2D eigenvalue weighted by molar-refractivity contribution is -0.178. The SMILES string of the molecule is O=C1C2CNNC2C2CCC(c3ncccc3O)CC2N1CC(F)(F)F. The highest BCUT2D eigenvalue weighted by Gasteiger charge is 2.54. The summed E-state index contributed by atoms with van der Waals surface area (Å²) in [5.41, 5.74) is 6.53. The van der Waals surface area contributed by atoms with Gasteiger partial charge < -0.3 is 10.0 Å². The lowest BCUT2D eigenvalue weighted by atomic mass is 9.68. The zero-order valence-electron chi connectivity index (χ0n) is 14.0. The van der Waals surface area contributed by atoms with E-state index < -0.39 is 30.6 Å². The molecule has 0 aromatic carbocycles. The number of aromatic nitrogens is 1.